The molecule has 0 saturated heterocycles. The second kappa shape index (κ2) is 6.62. The lowest BCUT2D eigenvalue weighted by Gasteiger charge is -2.34. The van der Waals surface area contributed by atoms with Crippen LogP contribution in [0.5, 0.6) is 0 Å². The predicted molar refractivity (Wildman–Crippen MR) is 87.9 cm³/mol. The first-order valence-electron chi connectivity index (χ1n) is 7.35. The molecule has 0 fully saturated rings. The number of benzene rings is 2. The second-order valence-electron chi connectivity index (χ2n) is 6.62. The molecule has 0 atom stereocenters. The summed E-state index contributed by atoms with van der Waals surface area (Å²) >= 11 is 0. The maximum atomic E-state index is 14.1. The molecule has 0 heterocycles. The predicted octanol–water partition coefficient (Wildman–Crippen LogP) is 4.06. The minimum absolute atomic E-state index is 0.130. The third kappa shape index (κ3) is 3.98. The van der Waals surface area contributed by atoms with Gasteiger partial charge in [-0.05, 0) is 38.3 Å². The first-order chi connectivity index (χ1) is 11.3. The zero-order chi connectivity index (χ0) is 19.2. The van der Waals surface area contributed by atoms with Gasteiger partial charge in [0.25, 0.3) is 0 Å². The average molecular weight is 394 g/mol. The highest BCUT2D eigenvalue weighted by Crippen LogP contribution is 2.20. The smallest absolute Gasteiger partial charge is 0.209 e. The molecule has 0 spiro atoms. The van der Waals surface area contributed by atoms with Crippen molar-refractivity contribution in [3.63, 3.8) is 0 Å². The molecular formula is C16H16F6OSi2. The van der Waals surface area contributed by atoms with Gasteiger partial charge in [0.2, 0.25) is 16.6 Å². The molecule has 0 radical (unpaired) electrons. The van der Waals surface area contributed by atoms with Crippen LogP contribution in [0.4, 0.5) is 26.3 Å². The molecule has 9 heteroatoms. The van der Waals surface area contributed by atoms with Crippen molar-refractivity contribution in [3.8, 4) is 0 Å². The number of halogens is 6. The summed E-state index contributed by atoms with van der Waals surface area (Å²) in [5, 5.41) is -0.259. The van der Waals surface area contributed by atoms with Crippen LogP contribution in [0.3, 0.4) is 0 Å². The summed E-state index contributed by atoms with van der Waals surface area (Å²) < 4.78 is 87.4. The molecule has 0 aliphatic rings. The molecule has 2 aromatic rings. The van der Waals surface area contributed by atoms with E-state index in [1.54, 1.807) is 0 Å². The van der Waals surface area contributed by atoms with E-state index in [9.17, 15) is 26.3 Å². The van der Waals surface area contributed by atoms with Gasteiger partial charge in [-0.2, -0.15) is 0 Å². The van der Waals surface area contributed by atoms with Crippen LogP contribution in [0.2, 0.25) is 26.2 Å². The lowest BCUT2D eigenvalue weighted by Crippen LogP contribution is -2.59. The Kier molecular flexibility index (Phi) is 5.22. The third-order valence-electron chi connectivity index (χ3n) is 3.83. The molecule has 0 aliphatic carbocycles. The minimum Gasteiger partial charge on any atom is -0.449 e. The van der Waals surface area contributed by atoms with Gasteiger partial charge in [-0.25, -0.2) is 26.3 Å². The zero-order valence-corrected chi connectivity index (χ0v) is 16.0. The Labute approximate surface area is 143 Å². The van der Waals surface area contributed by atoms with E-state index in [2.05, 4.69) is 0 Å². The standard InChI is InChI=1S/C16H16F6OSi2/c1-24(2,15-7-11(19)9(17)5-13(15)21)23-25(3,4)16-8-12(20)10(18)6-14(16)22/h5-8H,1-4H3. The van der Waals surface area contributed by atoms with Crippen molar-refractivity contribution in [1.82, 2.24) is 0 Å². The molecule has 0 unspecified atom stereocenters. The van der Waals surface area contributed by atoms with Crippen molar-refractivity contribution >= 4 is 27.0 Å². The van der Waals surface area contributed by atoms with E-state index in [4.69, 9.17) is 4.12 Å². The summed E-state index contributed by atoms with van der Waals surface area (Å²) in [4.78, 5) is 0. The highest BCUT2D eigenvalue weighted by molar-refractivity contribution is 6.96. The zero-order valence-electron chi connectivity index (χ0n) is 14.0. The Hall–Kier alpha value is -1.59. The molecule has 1 nitrogen and oxygen atoms in total. The summed E-state index contributed by atoms with van der Waals surface area (Å²) in [6.07, 6.45) is 0. The largest absolute Gasteiger partial charge is 0.449 e. The van der Waals surface area contributed by atoms with Crippen LogP contribution in [0.25, 0.3) is 0 Å². The van der Waals surface area contributed by atoms with E-state index >= 15 is 0 Å². The van der Waals surface area contributed by atoms with Crippen molar-refractivity contribution < 1.29 is 30.5 Å². The van der Waals surface area contributed by atoms with Gasteiger partial charge < -0.3 is 4.12 Å². The van der Waals surface area contributed by atoms with Crippen molar-refractivity contribution in [2.45, 2.75) is 26.2 Å². The first kappa shape index (κ1) is 19.7. The summed E-state index contributed by atoms with van der Waals surface area (Å²) in [5.74, 6) is -7.03. The number of hydrogen-bond donors (Lipinski definition) is 0. The monoisotopic (exact) mass is 394 g/mol. The first-order valence-corrected chi connectivity index (χ1v) is 13.2. The Balaban J connectivity index is 2.46. The lowest BCUT2D eigenvalue weighted by atomic mass is 10.3. The SMILES string of the molecule is C[Si](C)(O[Si](C)(C)c1cc(F)c(F)cc1F)c1cc(F)c(F)cc1F. The summed E-state index contributed by atoms with van der Waals surface area (Å²) in [7, 11) is -6.31. The molecular weight excluding hydrogens is 378 g/mol. The number of hydrogen-bond acceptors (Lipinski definition) is 1. The second-order valence-corrected chi connectivity index (χ2v) is 14.6. The van der Waals surface area contributed by atoms with E-state index in [0.29, 0.717) is 12.1 Å². The van der Waals surface area contributed by atoms with Crippen LogP contribution in [0.15, 0.2) is 24.3 Å². The van der Waals surface area contributed by atoms with E-state index in [1.807, 2.05) is 0 Å². The van der Waals surface area contributed by atoms with Gasteiger partial charge in [0, 0.05) is 22.5 Å². The fraction of sp³-hybridized carbons (Fsp3) is 0.250. The molecule has 0 aromatic heterocycles. The van der Waals surface area contributed by atoms with Gasteiger partial charge >= 0.3 is 0 Å². The molecule has 2 aromatic carbocycles. The van der Waals surface area contributed by atoms with E-state index in [-0.39, 0.29) is 10.4 Å². The Bertz CT molecular complexity index is 755. The Morgan fingerprint density at radius 2 is 0.800 bits per heavy atom. The molecule has 0 bridgehead atoms. The van der Waals surface area contributed by atoms with Crippen molar-refractivity contribution in [2.24, 2.45) is 0 Å². The Morgan fingerprint density at radius 1 is 0.520 bits per heavy atom. The van der Waals surface area contributed by atoms with Crippen LogP contribution >= 0.6 is 0 Å². The fourth-order valence-corrected chi connectivity index (χ4v) is 10.9. The van der Waals surface area contributed by atoms with Crippen LogP contribution in [0, 0.1) is 34.9 Å². The van der Waals surface area contributed by atoms with E-state index in [0.717, 1.165) is 12.1 Å². The summed E-state index contributed by atoms with van der Waals surface area (Å²) in [5.41, 5.74) is 0. The highest BCUT2D eigenvalue weighted by Gasteiger charge is 2.40. The van der Waals surface area contributed by atoms with Gasteiger partial charge in [-0.15, -0.1) is 0 Å². The fourth-order valence-electron chi connectivity index (χ4n) is 2.72. The molecule has 0 N–H and O–H groups in total. The molecule has 136 valence electrons. The van der Waals surface area contributed by atoms with Crippen LogP contribution in [-0.2, 0) is 4.12 Å². The van der Waals surface area contributed by atoms with E-state index in [1.165, 1.54) is 26.2 Å². The molecule has 25 heavy (non-hydrogen) atoms. The van der Waals surface area contributed by atoms with Crippen LogP contribution in [-0.4, -0.2) is 16.6 Å². The van der Waals surface area contributed by atoms with Crippen molar-refractivity contribution in [3.05, 3.63) is 59.2 Å². The van der Waals surface area contributed by atoms with Crippen LogP contribution < -0.4 is 10.4 Å². The highest BCUT2D eigenvalue weighted by atomic mass is 28.4. The van der Waals surface area contributed by atoms with Crippen molar-refractivity contribution in [2.75, 3.05) is 0 Å². The average Bonchev–Trinajstić information content (AvgIpc) is 2.45. The molecule has 0 saturated carbocycles. The molecule has 2 rings (SSSR count). The summed E-state index contributed by atoms with van der Waals surface area (Å²) in [6, 6.07) is 2.30. The maximum Gasteiger partial charge on any atom is 0.209 e. The van der Waals surface area contributed by atoms with Crippen LogP contribution in [0.1, 0.15) is 0 Å². The third-order valence-corrected chi connectivity index (χ3v) is 11.3. The summed E-state index contributed by atoms with van der Waals surface area (Å²) in [6.45, 7) is 6.15. The lowest BCUT2D eigenvalue weighted by molar-refractivity contribution is 0.492. The molecule has 0 aliphatic heterocycles. The van der Waals surface area contributed by atoms with Gasteiger partial charge in [0.05, 0.1) is 0 Å². The van der Waals surface area contributed by atoms with E-state index < -0.39 is 51.5 Å². The number of rotatable bonds is 4. The topological polar surface area (TPSA) is 9.23 Å². The minimum atomic E-state index is -3.15. The normalized spacial score (nSPS) is 12.6. The van der Waals surface area contributed by atoms with Gasteiger partial charge in [0.15, 0.2) is 23.3 Å². The van der Waals surface area contributed by atoms with Gasteiger partial charge in [0.1, 0.15) is 11.6 Å². The van der Waals surface area contributed by atoms with Gasteiger partial charge in [-0.3, -0.25) is 0 Å². The van der Waals surface area contributed by atoms with Gasteiger partial charge in [-0.1, -0.05) is 0 Å². The maximum absolute atomic E-state index is 14.1. The quantitative estimate of drug-likeness (QED) is 0.432. The van der Waals surface area contributed by atoms with Crippen molar-refractivity contribution in [1.29, 1.82) is 0 Å². The Morgan fingerprint density at radius 3 is 1.12 bits per heavy atom. The molecule has 0 amide bonds.